The number of oxazole rings is 1. The van der Waals surface area contributed by atoms with E-state index in [1.165, 1.54) is 18.4 Å². The Kier molecular flexibility index (Phi) is 5.71. The van der Waals surface area contributed by atoms with Gasteiger partial charge in [-0.2, -0.15) is 0 Å². The normalized spacial score (nSPS) is 11.9. The van der Waals surface area contributed by atoms with Gasteiger partial charge in [-0.05, 0) is 36.8 Å². The van der Waals surface area contributed by atoms with Crippen molar-refractivity contribution in [2.45, 2.75) is 19.6 Å². The van der Waals surface area contributed by atoms with Crippen molar-refractivity contribution in [2.24, 2.45) is 0 Å². The molecule has 2 heterocycles. The van der Waals surface area contributed by atoms with Gasteiger partial charge in [-0.3, -0.25) is 9.78 Å². The summed E-state index contributed by atoms with van der Waals surface area (Å²) in [6.07, 6.45) is 4.66. The van der Waals surface area contributed by atoms with Crippen LogP contribution in [0.5, 0.6) is 5.75 Å². The molecule has 0 bridgehead atoms. The van der Waals surface area contributed by atoms with Gasteiger partial charge in [-0.1, -0.05) is 17.7 Å². The number of hydrogen-bond donors (Lipinski definition) is 0. The molecular weight excluding hydrogens is 373 g/mol. The minimum absolute atomic E-state index is 0.0412. The first-order chi connectivity index (χ1) is 13.0. The van der Waals surface area contributed by atoms with Crippen molar-refractivity contribution in [1.82, 2.24) is 14.9 Å². The average molecular weight is 390 g/mol. The first-order valence-corrected chi connectivity index (χ1v) is 8.53. The molecule has 0 saturated heterocycles. The second-order valence-corrected chi connectivity index (χ2v) is 6.28. The first-order valence-electron chi connectivity index (χ1n) is 8.15. The summed E-state index contributed by atoms with van der Waals surface area (Å²) in [4.78, 5) is 22.4. The Morgan fingerprint density at radius 1 is 1.41 bits per heavy atom. The monoisotopic (exact) mass is 389 g/mol. The summed E-state index contributed by atoms with van der Waals surface area (Å²) >= 11 is 5.90. The molecule has 6 nitrogen and oxygen atoms in total. The van der Waals surface area contributed by atoms with Gasteiger partial charge in [0.15, 0.2) is 12.3 Å². The molecule has 3 aromatic rings. The minimum atomic E-state index is -0.456. The SMILES string of the molecule is C[C@H](c1cccnc1)N(C)C(=O)c1coc(COc2ccc(F)cc2Cl)n1. The van der Waals surface area contributed by atoms with E-state index in [2.05, 4.69) is 9.97 Å². The smallest absolute Gasteiger partial charge is 0.276 e. The van der Waals surface area contributed by atoms with Crippen LogP contribution in [-0.4, -0.2) is 27.8 Å². The topological polar surface area (TPSA) is 68.5 Å². The third-order valence-corrected chi connectivity index (χ3v) is 4.38. The average Bonchev–Trinajstić information content (AvgIpc) is 3.15. The maximum Gasteiger partial charge on any atom is 0.276 e. The van der Waals surface area contributed by atoms with Crippen LogP contribution in [0.15, 0.2) is 53.4 Å². The highest BCUT2D eigenvalue weighted by atomic mass is 35.5. The molecule has 27 heavy (non-hydrogen) atoms. The number of nitrogens with zero attached hydrogens (tertiary/aromatic N) is 3. The van der Waals surface area contributed by atoms with E-state index >= 15 is 0 Å². The van der Waals surface area contributed by atoms with Gasteiger partial charge in [0.25, 0.3) is 5.91 Å². The summed E-state index contributed by atoms with van der Waals surface area (Å²) in [6, 6.07) is 7.33. The predicted molar refractivity (Wildman–Crippen MR) is 97.0 cm³/mol. The van der Waals surface area contributed by atoms with E-state index in [0.717, 1.165) is 11.6 Å². The molecule has 0 aliphatic carbocycles. The number of halogens is 2. The van der Waals surface area contributed by atoms with E-state index in [1.54, 1.807) is 24.3 Å². The molecule has 1 aromatic carbocycles. The zero-order valence-electron chi connectivity index (χ0n) is 14.7. The third-order valence-electron chi connectivity index (χ3n) is 4.08. The molecule has 1 atom stereocenters. The number of aromatic nitrogens is 2. The summed E-state index contributed by atoms with van der Waals surface area (Å²) < 4.78 is 23.8. The Labute approximate surface area is 160 Å². The van der Waals surface area contributed by atoms with E-state index < -0.39 is 5.82 Å². The van der Waals surface area contributed by atoms with Crippen LogP contribution in [0.25, 0.3) is 0 Å². The minimum Gasteiger partial charge on any atom is -0.482 e. The molecule has 1 amide bonds. The Balaban J connectivity index is 1.65. The van der Waals surface area contributed by atoms with Crippen LogP contribution >= 0.6 is 11.6 Å². The molecular formula is C19H17ClFN3O3. The molecule has 0 saturated carbocycles. The fourth-order valence-corrected chi connectivity index (χ4v) is 2.63. The summed E-state index contributed by atoms with van der Waals surface area (Å²) in [6.45, 7) is 1.86. The number of hydrogen-bond acceptors (Lipinski definition) is 5. The van der Waals surface area contributed by atoms with Crippen LogP contribution in [-0.2, 0) is 6.61 Å². The largest absolute Gasteiger partial charge is 0.482 e. The van der Waals surface area contributed by atoms with E-state index in [9.17, 15) is 9.18 Å². The summed E-state index contributed by atoms with van der Waals surface area (Å²) in [7, 11) is 1.68. The number of ether oxygens (including phenoxy) is 1. The zero-order valence-corrected chi connectivity index (χ0v) is 15.5. The summed E-state index contributed by atoms with van der Waals surface area (Å²) in [5.41, 5.74) is 1.07. The fourth-order valence-electron chi connectivity index (χ4n) is 2.41. The van der Waals surface area contributed by atoms with Crippen molar-refractivity contribution in [3.8, 4) is 5.75 Å². The summed E-state index contributed by atoms with van der Waals surface area (Å²) in [5.74, 6) is -0.240. The molecule has 3 rings (SSSR count). The lowest BCUT2D eigenvalue weighted by molar-refractivity contribution is 0.0736. The lowest BCUT2D eigenvalue weighted by Gasteiger charge is -2.24. The number of carbonyl (C=O) groups excluding carboxylic acids is 1. The van der Waals surface area contributed by atoms with E-state index in [0.29, 0.717) is 5.75 Å². The third kappa shape index (κ3) is 4.43. The van der Waals surface area contributed by atoms with Crippen LogP contribution in [0.3, 0.4) is 0 Å². The van der Waals surface area contributed by atoms with Crippen molar-refractivity contribution < 1.29 is 18.3 Å². The van der Waals surface area contributed by atoms with E-state index in [-0.39, 0.29) is 35.2 Å². The standard InChI is InChI=1S/C19H17ClFN3O3/c1-12(13-4-3-7-22-9-13)24(2)19(25)16-10-27-18(23-16)11-26-17-6-5-14(21)8-15(17)20/h3-10,12H,11H2,1-2H3/t12-/m1/s1. The van der Waals surface area contributed by atoms with Crippen molar-refractivity contribution >= 4 is 17.5 Å². The summed E-state index contributed by atoms with van der Waals surface area (Å²) in [5, 5.41) is 0.142. The number of benzene rings is 1. The lowest BCUT2D eigenvalue weighted by Crippen LogP contribution is -2.30. The molecule has 0 unspecified atom stereocenters. The van der Waals surface area contributed by atoms with Crippen LogP contribution in [0.2, 0.25) is 5.02 Å². The fraction of sp³-hybridized carbons (Fsp3) is 0.211. The van der Waals surface area contributed by atoms with Gasteiger partial charge < -0.3 is 14.1 Å². The van der Waals surface area contributed by atoms with Crippen molar-refractivity contribution in [2.75, 3.05) is 7.05 Å². The zero-order chi connectivity index (χ0) is 19.4. The number of carbonyl (C=O) groups is 1. The van der Waals surface area contributed by atoms with Gasteiger partial charge in [0, 0.05) is 19.4 Å². The van der Waals surface area contributed by atoms with E-state index in [1.807, 2.05) is 19.1 Å². The van der Waals surface area contributed by atoms with Gasteiger partial charge in [-0.15, -0.1) is 0 Å². The highest BCUT2D eigenvalue weighted by Gasteiger charge is 2.22. The Bertz CT molecular complexity index is 933. The second kappa shape index (κ2) is 8.18. The van der Waals surface area contributed by atoms with Crippen LogP contribution in [0, 0.1) is 5.82 Å². The molecule has 2 aromatic heterocycles. The predicted octanol–water partition coefficient (Wildman–Crippen LogP) is 4.27. The number of rotatable bonds is 6. The van der Waals surface area contributed by atoms with Gasteiger partial charge >= 0.3 is 0 Å². The van der Waals surface area contributed by atoms with Gasteiger partial charge in [-0.25, -0.2) is 9.37 Å². The number of amides is 1. The van der Waals surface area contributed by atoms with Crippen LogP contribution in [0.4, 0.5) is 4.39 Å². The van der Waals surface area contributed by atoms with Gasteiger partial charge in [0.05, 0.1) is 11.1 Å². The Hall–Kier alpha value is -2.93. The second-order valence-electron chi connectivity index (χ2n) is 5.87. The molecule has 140 valence electrons. The van der Waals surface area contributed by atoms with E-state index in [4.69, 9.17) is 20.8 Å². The van der Waals surface area contributed by atoms with Crippen LogP contribution in [0.1, 0.15) is 34.9 Å². The molecule has 0 radical (unpaired) electrons. The Morgan fingerprint density at radius 2 is 2.22 bits per heavy atom. The quantitative estimate of drug-likeness (QED) is 0.629. The highest BCUT2D eigenvalue weighted by Crippen LogP contribution is 2.26. The van der Waals surface area contributed by atoms with Crippen molar-refractivity contribution in [1.29, 1.82) is 0 Å². The first kappa shape index (κ1) is 18.8. The maximum atomic E-state index is 13.0. The molecule has 8 heteroatoms. The molecule has 0 aliphatic rings. The van der Waals surface area contributed by atoms with Crippen molar-refractivity contribution in [3.63, 3.8) is 0 Å². The molecule has 0 fully saturated rings. The number of pyridine rings is 1. The Morgan fingerprint density at radius 3 is 2.93 bits per heavy atom. The molecule has 0 N–H and O–H groups in total. The van der Waals surface area contributed by atoms with Gasteiger partial charge in [0.2, 0.25) is 5.89 Å². The molecule has 0 spiro atoms. The maximum absolute atomic E-state index is 13.0. The van der Waals surface area contributed by atoms with Gasteiger partial charge in [0.1, 0.15) is 17.8 Å². The highest BCUT2D eigenvalue weighted by molar-refractivity contribution is 6.32. The lowest BCUT2D eigenvalue weighted by atomic mass is 10.1. The van der Waals surface area contributed by atoms with Crippen LogP contribution < -0.4 is 4.74 Å². The molecule has 0 aliphatic heterocycles. The van der Waals surface area contributed by atoms with Crippen molar-refractivity contribution in [3.05, 3.63) is 77.0 Å².